The van der Waals surface area contributed by atoms with E-state index in [-0.39, 0.29) is 10.6 Å². The first-order chi connectivity index (χ1) is 9.58. The maximum absolute atomic E-state index is 10.7. The number of phenolic OH excluding ortho intramolecular Hbond substituents is 1. The molecule has 2 aromatic carbocycles. The summed E-state index contributed by atoms with van der Waals surface area (Å²) in [7, 11) is 0. The standard InChI is InChI=1S/C13H10ClN3O3/c14-10-6-9(13(18)12(7-10)17(19)20)8-15-16-11-4-2-1-3-5-11/h1-8,16,18H/b15-8+. The van der Waals surface area contributed by atoms with Gasteiger partial charge in [0.05, 0.1) is 16.8 Å². The van der Waals surface area contributed by atoms with E-state index >= 15 is 0 Å². The number of para-hydroxylation sites is 1. The van der Waals surface area contributed by atoms with Crippen molar-refractivity contribution in [1.29, 1.82) is 0 Å². The molecule has 0 saturated heterocycles. The third-order valence-corrected chi connectivity index (χ3v) is 2.67. The number of aromatic hydroxyl groups is 1. The summed E-state index contributed by atoms with van der Waals surface area (Å²) in [5.41, 5.74) is 3.18. The highest BCUT2D eigenvalue weighted by atomic mass is 35.5. The predicted molar refractivity (Wildman–Crippen MR) is 77.4 cm³/mol. The smallest absolute Gasteiger partial charge is 0.312 e. The van der Waals surface area contributed by atoms with E-state index in [1.165, 1.54) is 12.3 Å². The molecule has 0 atom stereocenters. The molecule has 2 N–H and O–H groups in total. The van der Waals surface area contributed by atoms with Gasteiger partial charge in [-0.1, -0.05) is 29.8 Å². The first-order valence-corrected chi connectivity index (χ1v) is 5.97. The van der Waals surface area contributed by atoms with Gasteiger partial charge in [0.1, 0.15) is 0 Å². The zero-order chi connectivity index (χ0) is 14.5. The van der Waals surface area contributed by atoms with Crippen molar-refractivity contribution >= 4 is 29.2 Å². The summed E-state index contributed by atoms with van der Waals surface area (Å²) >= 11 is 5.76. The Kier molecular flexibility index (Phi) is 4.17. The molecular formula is C13H10ClN3O3. The van der Waals surface area contributed by atoms with Crippen molar-refractivity contribution in [1.82, 2.24) is 0 Å². The SMILES string of the molecule is O=[N+]([O-])c1cc(Cl)cc(/C=N/Nc2ccccc2)c1O. The lowest BCUT2D eigenvalue weighted by atomic mass is 10.2. The number of hydrazone groups is 1. The van der Waals surface area contributed by atoms with Gasteiger partial charge in [-0.3, -0.25) is 15.5 Å². The third kappa shape index (κ3) is 3.24. The molecule has 0 saturated carbocycles. The minimum absolute atomic E-state index is 0.149. The second-order valence-electron chi connectivity index (χ2n) is 3.86. The van der Waals surface area contributed by atoms with Crippen molar-refractivity contribution in [2.24, 2.45) is 5.10 Å². The number of benzene rings is 2. The minimum Gasteiger partial charge on any atom is -0.502 e. The van der Waals surface area contributed by atoms with Crippen molar-refractivity contribution in [3.05, 3.63) is 63.2 Å². The average Bonchev–Trinajstić information content (AvgIpc) is 2.43. The highest BCUT2D eigenvalue weighted by Gasteiger charge is 2.17. The summed E-state index contributed by atoms with van der Waals surface area (Å²) < 4.78 is 0. The van der Waals surface area contributed by atoms with E-state index in [1.54, 1.807) is 12.1 Å². The molecule has 0 aliphatic rings. The molecule has 0 aromatic heterocycles. The molecule has 102 valence electrons. The third-order valence-electron chi connectivity index (χ3n) is 2.45. The van der Waals surface area contributed by atoms with E-state index in [1.807, 2.05) is 18.2 Å². The second kappa shape index (κ2) is 6.03. The Morgan fingerprint density at radius 1 is 1.30 bits per heavy atom. The zero-order valence-corrected chi connectivity index (χ0v) is 10.9. The molecule has 0 radical (unpaired) electrons. The molecule has 0 aliphatic carbocycles. The molecule has 20 heavy (non-hydrogen) atoms. The number of rotatable bonds is 4. The molecule has 0 amide bonds. The van der Waals surface area contributed by atoms with Crippen LogP contribution in [-0.2, 0) is 0 Å². The lowest BCUT2D eigenvalue weighted by molar-refractivity contribution is -0.385. The van der Waals surface area contributed by atoms with Crippen LogP contribution >= 0.6 is 11.6 Å². The number of phenols is 1. The fourth-order valence-electron chi connectivity index (χ4n) is 1.53. The van der Waals surface area contributed by atoms with Crippen molar-refractivity contribution < 1.29 is 10.0 Å². The Balaban J connectivity index is 2.23. The van der Waals surface area contributed by atoms with Crippen LogP contribution in [0.3, 0.4) is 0 Å². The number of hydrogen-bond donors (Lipinski definition) is 2. The van der Waals surface area contributed by atoms with Crippen LogP contribution in [0.5, 0.6) is 5.75 Å². The highest BCUT2D eigenvalue weighted by Crippen LogP contribution is 2.32. The Hall–Kier alpha value is -2.60. The number of nitrogens with zero attached hydrogens (tertiary/aromatic N) is 2. The van der Waals surface area contributed by atoms with Crippen LogP contribution in [0.25, 0.3) is 0 Å². The van der Waals surface area contributed by atoms with E-state index in [0.29, 0.717) is 0 Å². The van der Waals surface area contributed by atoms with E-state index in [0.717, 1.165) is 11.8 Å². The van der Waals surface area contributed by atoms with Gasteiger partial charge in [0.2, 0.25) is 5.75 Å². The van der Waals surface area contributed by atoms with Crippen molar-refractivity contribution in [2.45, 2.75) is 0 Å². The van der Waals surface area contributed by atoms with Crippen LogP contribution in [0.2, 0.25) is 5.02 Å². The predicted octanol–water partition coefficient (Wildman–Crippen LogP) is 3.40. The quantitative estimate of drug-likeness (QED) is 0.513. The number of nitro benzene ring substituents is 1. The molecule has 0 bridgehead atoms. The molecule has 7 heteroatoms. The molecule has 0 aliphatic heterocycles. The Labute approximate surface area is 119 Å². The lowest BCUT2D eigenvalue weighted by Crippen LogP contribution is -1.94. The van der Waals surface area contributed by atoms with Gasteiger partial charge in [-0.25, -0.2) is 0 Å². The average molecular weight is 292 g/mol. The first kappa shape index (κ1) is 13.8. The lowest BCUT2D eigenvalue weighted by Gasteiger charge is -2.02. The fourth-order valence-corrected chi connectivity index (χ4v) is 1.75. The van der Waals surface area contributed by atoms with E-state index in [9.17, 15) is 15.2 Å². The topological polar surface area (TPSA) is 87.8 Å². The summed E-state index contributed by atoms with van der Waals surface area (Å²) in [6.07, 6.45) is 1.27. The van der Waals surface area contributed by atoms with E-state index in [2.05, 4.69) is 10.5 Å². The van der Waals surface area contributed by atoms with Crippen molar-refractivity contribution in [3.63, 3.8) is 0 Å². The van der Waals surface area contributed by atoms with E-state index in [4.69, 9.17) is 11.6 Å². The normalized spacial score (nSPS) is 10.7. The molecule has 2 rings (SSSR count). The van der Waals surface area contributed by atoms with Crippen LogP contribution in [0.15, 0.2) is 47.6 Å². The van der Waals surface area contributed by atoms with Gasteiger partial charge in [0.15, 0.2) is 0 Å². The van der Waals surface area contributed by atoms with Gasteiger partial charge < -0.3 is 5.11 Å². The number of nitrogens with one attached hydrogen (secondary N) is 1. The summed E-state index contributed by atoms with van der Waals surface area (Å²) in [6.45, 7) is 0. The summed E-state index contributed by atoms with van der Waals surface area (Å²) in [5, 5.41) is 24.6. The van der Waals surface area contributed by atoms with Gasteiger partial charge in [-0.2, -0.15) is 5.10 Å². The van der Waals surface area contributed by atoms with Gasteiger partial charge in [-0.15, -0.1) is 0 Å². The monoisotopic (exact) mass is 291 g/mol. The Morgan fingerprint density at radius 2 is 2.00 bits per heavy atom. The fraction of sp³-hybridized carbons (Fsp3) is 0. The van der Waals surface area contributed by atoms with Crippen LogP contribution in [0, 0.1) is 10.1 Å². The number of anilines is 1. The first-order valence-electron chi connectivity index (χ1n) is 5.59. The van der Waals surface area contributed by atoms with Crippen LogP contribution in [-0.4, -0.2) is 16.2 Å². The largest absolute Gasteiger partial charge is 0.502 e. The van der Waals surface area contributed by atoms with Crippen LogP contribution < -0.4 is 5.43 Å². The molecule has 6 nitrogen and oxygen atoms in total. The van der Waals surface area contributed by atoms with Crippen molar-refractivity contribution in [2.75, 3.05) is 5.43 Å². The molecule has 0 spiro atoms. The highest BCUT2D eigenvalue weighted by molar-refractivity contribution is 6.31. The number of nitro groups is 1. The van der Waals surface area contributed by atoms with Crippen molar-refractivity contribution in [3.8, 4) is 5.75 Å². The zero-order valence-electron chi connectivity index (χ0n) is 10.2. The molecular weight excluding hydrogens is 282 g/mol. The maximum atomic E-state index is 10.7. The molecule has 2 aromatic rings. The summed E-state index contributed by atoms with van der Waals surface area (Å²) in [5.74, 6) is -0.474. The Bertz CT molecular complexity index is 659. The van der Waals surface area contributed by atoms with Crippen LogP contribution in [0.4, 0.5) is 11.4 Å². The number of halogens is 1. The van der Waals surface area contributed by atoms with Gasteiger partial charge in [-0.05, 0) is 18.2 Å². The number of hydrogen-bond acceptors (Lipinski definition) is 5. The van der Waals surface area contributed by atoms with Gasteiger partial charge in [0, 0.05) is 16.7 Å². The molecule has 0 fully saturated rings. The second-order valence-corrected chi connectivity index (χ2v) is 4.29. The minimum atomic E-state index is -0.705. The van der Waals surface area contributed by atoms with Gasteiger partial charge >= 0.3 is 5.69 Å². The summed E-state index contributed by atoms with van der Waals surface area (Å²) in [6, 6.07) is 11.6. The Morgan fingerprint density at radius 3 is 2.65 bits per heavy atom. The molecule has 0 heterocycles. The van der Waals surface area contributed by atoms with Gasteiger partial charge in [0.25, 0.3) is 0 Å². The maximum Gasteiger partial charge on any atom is 0.312 e. The van der Waals surface area contributed by atoms with E-state index < -0.39 is 16.4 Å². The van der Waals surface area contributed by atoms with Crippen LogP contribution in [0.1, 0.15) is 5.56 Å². The summed E-state index contributed by atoms with van der Waals surface area (Å²) in [4.78, 5) is 10.0. The molecule has 0 unspecified atom stereocenters.